The molecule has 18 heavy (non-hydrogen) atoms. The fourth-order valence-corrected chi connectivity index (χ4v) is 4.48. The number of hydrogen-bond donors (Lipinski definition) is 1. The van der Waals surface area contributed by atoms with E-state index in [9.17, 15) is 0 Å². The van der Waals surface area contributed by atoms with Crippen LogP contribution in [0.5, 0.6) is 0 Å². The topological polar surface area (TPSA) is 29.3 Å². The molecule has 0 amide bonds. The summed E-state index contributed by atoms with van der Waals surface area (Å²) in [5.41, 5.74) is 6.50. The van der Waals surface area contributed by atoms with Crippen LogP contribution in [0.3, 0.4) is 0 Å². The van der Waals surface area contributed by atoms with E-state index in [1.165, 1.54) is 51.5 Å². The summed E-state index contributed by atoms with van der Waals surface area (Å²) >= 11 is 0. The zero-order valence-electron chi connectivity index (χ0n) is 12.6. The van der Waals surface area contributed by atoms with E-state index in [4.69, 9.17) is 5.73 Å². The second-order valence-corrected chi connectivity index (χ2v) is 7.00. The van der Waals surface area contributed by atoms with Gasteiger partial charge in [-0.2, -0.15) is 0 Å². The van der Waals surface area contributed by atoms with Gasteiger partial charge in [0.25, 0.3) is 0 Å². The number of nitrogens with two attached hydrogens (primary N) is 1. The van der Waals surface area contributed by atoms with Gasteiger partial charge in [-0.3, -0.25) is 4.90 Å². The van der Waals surface area contributed by atoms with Gasteiger partial charge >= 0.3 is 0 Å². The number of rotatable bonds is 4. The lowest BCUT2D eigenvalue weighted by molar-refractivity contribution is -0.00183. The van der Waals surface area contributed by atoms with Gasteiger partial charge in [0.15, 0.2) is 0 Å². The summed E-state index contributed by atoms with van der Waals surface area (Å²) in [7, 11) is 2.33. The molecule has 0 aromatic heterocycles. The van der Waals surface area contributed by atoms with Gasteiger partial charge in [-0.25, -0.2) is 0 Å². The molecule has 0 radical (unpaired) electrons. The smallest absolute Gasteiger partial charge is 0.0356 e. The molecule has 0 aliphatic heterocycles. The first kappa shape index (κ1) is 14.3. The van der Waals surface area contributed by atoms with E-state index >= 15 is 0 Å². The molecule has 2 rings (SSSR count). The van der Waals surface area contributed by atoms with E-state index in [1.54, 1.807) is 0 Å². The maximum atomic E-state index is 6.22. The van der Waals surface area contributed by atoms with Crippen molar-refractivity contribution in [1.82, 2.24) is 4.90 Å². The van der Waals surface area contributed by atoms with Crippen LogP contribution in [-0.2, 0) is 0 Å². The van der Waals surface area contributed by atoms with Crippen molar-refractivity contribution in [3.63, 3.8) is 0 Å². The van der Waals surface area contributed by atoms with Crippen LogP contribution < -0.4 is 5.73 Å². The van der Waals surface area contributed by atoms with E-state index < -0.39 is 0 Å². The first-order valence-corrected chi connectivity index (χ1v) is 8.01. The highest BCUT2D eigenvalue weighted by Crippen LogP contribution is 2.41. The quantitative estimate of drug-likeness (QED) is 0.832. The minimum Gasteiger partial charge on any atom is -0.329 e. The Balaban J connectivity index is 2.04. The molecule has 0 aromatic carbocycles. The van der Waals surface area contributed by atoms with E-state index in [-0.39, 0.29) is 5.54 Å². The highest BCUT2D eigenvalue weighted by Gasteiger charge is 2.43. The monoisotopic (exact) mass is 252 g/mol. The lowest BCUT2D eigenvalue weighted by Gasteiger charge is -2.51. The molecule has 0 saturated heterocycles. The van der Waals surface area contributed by atoms with Gasteiger partial charge in [0.1, 0.15) is 0 Å². The van der Waals surface area contributed by atoms with Crippen molar-refractivity contribution in [3.05, 3.63) is 0 Å². The van der Waals surface area contributed by atoms with E-state index in [0.29, 0.717) is 0 Å². The Morgan fingerprint density at radius 2 is 1.78 bits per heavy atom. The minimum absolute atomic E-state index is 0.278. The summed E-state index contributed by atoms with van der Waals surface area (Å²) in [6.07, 6.45) is 9.82. The van der Waals surface area contributed by atoms with Crippen LogP contribution in [0.1, 0.15) is 58.8 Å². The second-order valence-electron chi connectivity index (χ2n) is 7.00. The van der Waals surface area contributed by atoms with Gasteiger partial charge in [-0.05, 0) is 44.1 Å². The van der Waals surface area contributed by atoms with E-state index in [1.807, 2.05) is 0 Å². The second kappa shape index (κ2) is 5.92. The highest BCUT2D eigenvalue weighted by atomic mass is 15.2. The summed E-state index contributed by atoms with van der Waals surface area (Å²) in [6, 6.07) is 0. The van der Waals surface area contributed by atoms with Gasteiger partial charge in [0, 0.05) is 18.6 Å². The Labute approximate surface area is 113 Å². The first-order chi connectivity index (χ1) is 8.60. The molecule has 106 valence electrons. The average Bonchev–Trinajstić information content (AvgIpc) is 2.85. The van der Waals surface area contributed by atoms with Crippen molar-refractivity contribution in [3.8, 4) is 0 Å². The van der Waals surface area contributed by atoms with E-state index in [2.05, 4.69) is 25.8 Å². The molecule has 3 unspecified atom stereocenters. The molecule has 0 aromatic rings. The largest absolute Gasteiger partial charge is 0.329 e. The molecule has 2 nitrogen and oxygen atoms in total. The van der Waals surface area contributed by atoms with Crippen molar-refractivity contribution in [2.24, 2.45) is 23.5 Å². The maximum absolute atomic E-state index is 6.22. The van der Waals surface area contributed by atoms with Gasteiger partial charge in [-0.15, -0.1) is 0 Å². The molecule has 0 bridgehead atoms. The fraction of sp³-hybridized carbons (Fsp3) is 1.00. The van der Waals surface area contributed by atoms with Crippen molar-refractivity contribution >= 4 is 0 Å². The van der Waals surface area contributed by atoms with Crippen molar-refractivity contribution in [2.45, 2.75) is 64.3 Å². The van der Waals surface area contributed by atoms with Gasteiger partial charge < -0.3 is 5.73 Å². The molecule has 2 fully saturated rings. The predicted octanol–water partition coefficient (Wildman–Crippen LogP) is 3.26. The van der Waals surface area contributed by atoms with Crippen LogP contribution in [0.15, 0.2) is 0 Å². The summed E-state index contributed by atoms with van der Waals surface area (Å²) < 4.78 is 0. The molecule has 2 saturated carbocycles. The SMILES string of the molecule is CC1CCCC(CN)(N(C)CC2CCCC2)C1C. The lowest BCUT2D eigenvalue weighted by atomic mass is 9.67. The van der Waals surface area contributed by atoms with Crippen molar-refractivity contribution in [1.29, 1.82) is 0 Å². The lowest BCUT2D eigenvalue weighted by Crippen LogP contribution is -2.60. The first-order valence-electron chi connectivity index (χ1n) is 8.01. The zero-order valence-corrected chi connectivity index (χ0v) is 12.6. The minimum atomic E-state index is 0.278. The Morgan fingerprint density at radius 1 is 1.11 bits per heavy atom. The standard InChI is InChI=1S/C16H32N2/c1-13-7-6-10-16(12-17,14(13)2)18(3)11-15-8-4-5-9-15/h13-15H,4-12,17H2,1-3H3. The van der Waals surface area contributed by atoms with Crippen LogP contribution in [0.4, 0.5) is 0 Å². The van der Waals surface area contributed by atoms with Crippen molar-refractivity contribution in [2.75, 3.05) is 20.1 Å². The Hall–Kier alpha value is -0.0800. The molecule has 0 spiro atoms. The molecular formula is C16H32N2. The van der Waals surface area contributed by atoms with Crippen LogP contribution in [0, 0.1) is 17.8 Å². The van der Waals surface area contributed by atoms with Gasteiger partial charge in [0.2, 0.25) is 0 Å². The molecule has 2 aliphatic rings. The molecule has 2 aliphatic carbocycles. The van der Waals surface area contributed by atoms with Crippen LogP contribution in [0.2, 0.25) is 0 Å². The molecule has 2 heteroatoms. The van der Waals surface area contributed by atoms with Gasteiger partial charge in [0.05, 0.1) is 0 Å². The van der Waals surface area contributed by atoms with Gasteiger partial charge in [-0.1, -0.05) is 39.5 Å². The summed E-state index contributed by atoms with van der Waals surface area (Å²) in [6.45, 7) is 6.95. The number of likely N-dealkylation sites (N-methyl/N-ethyl adjacent to an activating group) is 1. The predicted molar refractivity (Wildman–Crippen MR) is 78.6 cm³/mol. The number of hydrogen-bond acceptors (Lipinski definition) is 2. The summed E-state index contributed by atoms with van der Waals surface area (Å²) in [5.74, 6) is 2.50. The Bertz CT molecular complexity index is 260. The molecule has 3 atom stereocenters. The third kappa shape index (κ3) is 2.60. The summed E-state index contributed by atoms with van der Waals surface area (Å²) in [5, 5.41) is 0. The van der Waals surface area contributed by atoms with Crippen molar-refractivity contribution < 1.29 is 0 Å². The molecule has 0 heterocycles. The third-order valence-corrected chi connectivity index (χ3v) is 6.09. The zero-order chi connectivity index (χ0) is 13.2. The molecular weight excluding hydrogens is 220 g/mol. The highest BCUT2D eigenvalue weighted by molar-refractivity contribution is 4.99. The van der Waals surface area contributed by atoms with Crippen LogP contribution in [-0.4, -0.2) is 30.6 Å². The fourth-order valence-electron chi connectivity index (χ4n) is 4.48. The number of nitrogens with zero attached hydrogens (tertiary/aromatic N) is 1. The normalized spacial score (nSPS) is 38.5. The van der Waals surface area contributed by atoms with Crippen LogP contribution >= 0.6 is 0 Å². The average molecular weight is 252 g/mol. The van der Waals surface area contributed by atoms with E-state index in [0.717, 1.165) is 24.3 Å². The summed E-state index contributed by atoms with van der Waals surface area (Å²) in [4.78, 5) is 2.64. The molecule has 2 N–H and O–H groups in total. The third-order valence-electron chi connectivity index (χ3n) is 6.09. The maximum Gasteiger partial charge on any atom is 0.0356 e. The Kier molecular flexibility index (Phi) is 4.71. The van der Waals surface area contributed by atoms with Crippen LogP contribution in [0.25, 0.3) is 0 Å². The Morgan fingerprint density at radius 3 is 2.39 bits per heavy atom.